The molecule has 32 heavy (non-hydrogen) atoms. The van der Waals surface area contributed by atoms with Gasteiger partial charge in [0.1, 0.15) is 17.1 Å². The number of rotatable bonds is 8. The van der Waals surface area contributed by atoms with E-state index in [0.29, 0.717) is 11.6 Å². The summed E-state index contributed by atoms with van der Waals surface area (Å²) in [4.78, 5) is 21.7. The molecule has 0 unspecified atom stereocenters. The average Bonchev–Trinajstić information content (AvgIpc) is 3.54. The molecule has 0 bridgehead atoms. The summed E-state index contributed by atoms with van der Waals surface area (Å²) < 4.78 is 55.7. The van der Waals surface area contributed by atoms with Crippen LogP contribution in [0.2, 0.25) is 0 Å². The van der Waals surface area contributed by atoms with E-state index in [9.17, 15) is 22.0 Å². The van der Waals surface area contributed by atoms with Crippen molar-refractivity contribution in [3.63, 3.8) is 0 Å². The molecule has 1 N–H and O–H groups in total. The van der Waals surface area contributed by atoms with E-state index in [1.54, 1.807) is 24.3 Å². The maximum absolute atomic E-state index is 13.4. The Morgan fingerprint density at radius 2 is 1.94 bits per heavy atom. The van der Waals surface area contributed by atoms with Gasteiger partial charge in [0.15, 0.2) is 9.84 Å². The monoisotopic (exact) mass is 463 g/mol. The number of nitrogens with one attached hydrogen (secondary N) is 1. The summed E-state index contributed by atoms with van der Waals surface area (Å²) in [7, 11) is -3.49. The number of hydrogen-bond donors (Lipinski definition) is 1. The lowest BCUT2D eigenvalue weighted by atomic mass is 9.76. The zero-order valence-corrected chi connectivity index (χ0v) is 18.2. The van der Waals surface area contributed by atoms with E-state index in [4.69, 9.17) is 4.74 Å². The first-order chi connectivity index (χ1) is 15.1. The molecule has 1 atom stereocenters. The van der Waals surface area contributed by atoms with Crippen molar-refractivity contribution in [1.29, 1.82) is 0 Å². The minimum absolute atomic E-state index is 0.0436. The fourth-order valence-corrected chi connectivity index (χ4v) is 3.95. The van der Waals surface area contributed by atoms with E-state index in [0.717, 1.165) is 24.5 Å². The van der Waals surface area contributed by atoms with Gasteiger partial charge in [0.25, 0.3) is 5.91 Å². The second kappa shape index (κ2) is 8.57. The standard InChI is InChI=1S/C22H23F2N3O4S/c1-32(29,30)10-9-18(15-11-22(23,24)12-15)26-20(28)17-13-25-19(14-7-8-14)27-21(17)31-16-5-3-2-4-6-16/h2-6,9-10,13-15,18H,7-8,11-12H2,1H3,(H,26,28)/b10-9+/t18-/m1/s1. The largest absolute Gasteiger partial charge is 0.438 e. The zero-order chi connectivity index (χ0) is 22.9. The van der Waals surface area contributed by atoms with E-state index < -0.39 is 46.5 Å². The number of benzene rings is 1. The number of para-hydroxylation sites is 1. The second-order valence-corrected chi connectivity index (χ2v) is 10.2. The molecule has 1 aromatic heterocycles. The summed E-state index contributed by atoms with van der Waals surface area (Å²) in [5, 5.41) is 3.57. The number of hydrogen-bond acceptors (Lipinski definition) is 6. The van der Waals surface area contributed by atoms with Crippen molar-refractivity contribution in [1.82, 2.24) is 15.3 Å². The van der Waals surface area contributed by atoms with Crippen LogP contribution in [-0.4, -0.2) is 42.5 Å². The molecule has 1 heterocycles. The van der Waals surface area contributed by atoms with Crippen LogP contribution in [0.4, 0.5) is 8.78 Å². The van der Waals surface area contributed by atoms with Crippen molar-refractivity contribution in [2.24, 2.45) is 5.92 Å². The van der Waals surface area contributed by atoms with Gasteiger partial charge in [-0.2, -0.15) is 4.98 Å². The molecule has 10 heteroatoms. The van der Waals surface area contributed by atoms with Gasteiger partial charge in [-0.3, -0.25) is 4.79 Å². The maximum atomic E-state index is 13.4. The first-order valence-corrected chi connectivity index (χ1v) is 12.2. The predicted molar refractivity (Wildman–Crippen MR) is 113 cm³/mol. The van der Waals surface area contributed by atoms with Crippen LogP contribution < -0.4 is 10.1 Å². The van der Waals surface area contributed by atoms with Gasteiger partial charge in [0, 0.05) is 36.6 Å². The molecule has 0 saturated heterocycles. The summed E-state index contributed by atoms with van der Waals surface area (Å²) in [6.07, 6.45) is 4.65. The van der Waals surface area contributed by atoms with Crippen molar-refractivity contribution in [3.8, 4) is 11.6 Å². The fraction of sp³-hybridized carbons (Fsp3) is 0.409. The highest BCUT2D eigenvalue weighted by molar-refractivity contribution is 7.93. The van der Waals surface area contributed by atoms with Crippen molar-refractivity contribution in [3.05, 3.63) is 59.4 Å². The highest BCUT2D eigenvalue weighted by Gasteiger charge is 2.48. The third kappa shape index (κ3) is 5.67. The zero-order valence-electron chi connectivity index (χ0n) is 17.4. The van der Waals surface area contributed by atoms with Gasteiger partial charge >= 0.3 is 0 Å². The summed E-state index contributed by atoms with van der Waals surface area (Å²) in [6.45, 7) is 0. The summed E-state index contributed by atoms with van der Waals surface area (Å²) in [6, 6.07) is 7.93. The third-order valence-corrected chi connectivity index (χ3v) is 6.03. The first-order valence-electron chi connectivity index (χ1n) is 10.3. The number of nitrogens with zero attached hydrogens (tertiary/aromatic N) is 2. The van der Waals surface area contributed by atoms with Crippen LogP contribution in [-0.2, 0) is 9.84 Å². The number of amides is 1. The molecule has 170 valence electrons. The quantitative estimate of drug-likeness (QED) is 0.639. The Kier molecular flexibility index (Phi) is 5.98. The molecular formula is C22H23F2N3O4S. The average molecular weight is 464 g/mol. The van der Waals surface area contributed by atoms with E-state index >= 15 is 0 Å². The molecule has 0 aliphatic heterocycles. The Bertz CT molecular complexity index is 1130. The lowest BCUT2D eigenvalue weighted by molar-refractivity contribution is -0.114. The van der Waals surface area contributed by atoms with Crippen LogP contribution in [0.15, 0.2) is 48.0 Å². The van der Waals surface area contributed by atoms with Crippen LogP contribution in [0.1, 0.15) is 47.8 Å². The maximum Gasteiger partial charge on any atom is 0.258 e. The normalized spacial score (nSPS) is 19.3. The summed E-state index contributed by atoms with van der Waals surface area (Å²) in [5.41, 5.74) is 0.0436. The SMILES string of the molecule is CS(=O)(=O)/C=C/[C@@H](NC(=O)c1cnc(C2CC2)nc1Oc1ccccc1)C1CC(F)(F)C1. The lowest BCUT2D eigenvalue weighted by Crippen LogP contribution is -2.49. The van der Waals surface area contributed by atoms with Crippen molar-refractivity contribution < 1.29 is 26.7 Å². The molecular weight excluding hydrogens is 440 g/mol. The minimum atomic E-state index is -3.49. The van der Waals surface area contributed by atoms with E-state index in [-0.39, 0.29) is 17.4 Å². The number of carbonyl (C=O) groups excluding carboxylic acids is 1. The van der Waals surface area contributed by atoms with Crippen LogP contribution in [0, 0.1) is 5.92 Å². The van der Waals surface area contributed by atoms with Gasteiger partial charge in [-0.15, -0.1) is 0 Å². The molecule has 7 nitrogen and oxygen atoms in total. The number of aromatic nitrogens is 2. The molecule has 1 aromatic carbocycles. The molecule has 4 rings (SSSR count). The van der Waals surface area contributed by atoms with Crippen molar-refractivity contribution in [2.75, 3.05) is 6.26 Å². The lowest BCUT2D eigenvalue weighted by Gasteiger charge is -2.39. The van der Waals surface area contributed by atoms with Gasteiger partial charge < -0.3 is 10.1 Å². The van der Waals surface area contributed by atoms with Crippen LogP contribution in [0.25, 0.3) is 0 Å². The first kappa shape index (κ1) is 22.3. The Morgan fingerprint density at radius 1 is 1.25 bits per heavy atom. The Hall–Kier alpha value is -2.88. The number of ether oxygens (including phenoxy) is 1. The third-order valence-electron chi connectivity index (χ3n) is 5.38. The molecule has 2 fully saturated rings. The molecule has 0 radical (unpaired) electrons. The highest BCUT2D eigenvalue weighted by atomic mass is 32.2. The Morgan fingerprint density at radius 3 is 2.53 bits per heavy atom. The Balaban J connectivity index is 1.59. The second-order valence-electron chi connectivity index (χ2n) is 8.32. The van der Waals surface area contributed by atoms with Gasteiger partial charge in [0.2, 0.25) is 11.8 Å². The number of sulfone groups is 1. The van der Waals surface area contributed by atoms with E-state index in [2.05, 4.69) is 15.3 Å². The molecule has 2 aliphatic rings. The molecule has 0 spiro atoms. The van der Waals surface area contributed by atoms with Crippen LogP contribution in [0.3, 0.4) is 0 Å². The smallest absolute Gasteiger partial charge is 0.258 e. The number of alkyl halides is 2. The van der Waals surface area contributed by atoms with Crippen LogP contribution in [0.5, 0.6) is 11.6 Å². The Labute approximate surface area is 184 Å². The predicted octanol–water partition coefficient (Wildman–Crippen LogP) is 3.85. The fourth-order valence-electron chi connectivity index (χ4n) is 3.49. The van der Waals surface area contributed by atoms with Crippen molar-refractivity contribution in [2.45, 2.75) is 43.6 Å². The molecule has 1 amide bonds. The topological polar surface area (TPSA) is 98.2 Å². The summed E-state index contributed by atoms with van der Waals surface area (Å²) >= 11 is 0. The summed E-state index contributed by atoms with van der Waals surface area (Å²) in [5.74, 6) is -2.67. The molecule has 2 aliphatic carbocycles. The van der Waals surface area contributed by atoms with Gasteiger partial charge in [0.05, 0.1) is 6.04 Å². The molecule has 2 aromatic rings. The minimum Gasteiger partial charge on any atom is -0.438 e. The van der Waals surface area contributed by atoms with Gasteiger partial charge in [-0.1, -0.05) is 24.3 Å². The van der Waals surface area contributed by atoms with Gasteiger partial charge in [-0.25, -0.2) is 22.2 Å². The van der Waals surface area contributed by atoms with Gasteiger partial charge in [-0.05, 0) is 30.9 Å². The van der Waals surface area contributed by atoms with E-state index in [1.807, 2.05) is 6.07 Å². The highest BCUT2D eigenvalue weighted by Crippen LogP contribution is 2.44. The van der Waals surface area contributed by atoms with Crippen LogP contribution >= 0.6 is 0 Å². The van der Waals surface area contributed by atoms with Crippen molar-refractivity contribution >= 4 is 15.7 Å². The number of carbonyl (C=O) groups is 1. The molecule has 2 saturated carbocycles. The number of halogens is 2. The van der Waals surface area contributed by atoms with E-state index in [1.165, 1.54) is 12.3 Å².